The van der Waals surface area contributed by atoms with E-state index in [-0.39, 0.29) is 17.2 Å². The van der Waals surface area contributed by atoms with Crippen LogP contribution in [0.15, 0.2) is 30.7 Å². The summed E-state index contributed by atoms with van der Waals surface area (Å²) in [6.07, 6.45) is 2.91. The van der Waals surface area contributed by atoms with E-state index in [1.54, 1.807) is 23.2 Å². The van der Waals surface area contributed by atoms with E-state index in [1.165, 1.54) is 0 Å². The standard InChI is InChI=1S/C26H29F3N8O3/c1-25(7-10-39-11-8-25)36(2)22-21-19(4-3-9-37(21)16-38)34-24(35-22)33-13-17-5-6-20(30-12-17)40-18-14-31-23(32-15-18)26(27,28)29/h5-6,12,14-16H,3-4,7-11,13H2,1-2H3,(H,33,34,35). The Labute approximate surface area is 228 Å². The second-order valence-corrected chi connectivity index (χ2v) is 9.94. The van der Waals surface area contributed by atoms with Gasteiger partial charge in [-0.25, -0.2) is 19.9 Å². The van der Waals surface area contributed by atoms with Gasteiger partial charge in [0.15, 0.2) is 11.6 Å². The van der Waals surface area contributed by atoms with E-state index in [2.05, 4.69) is 32.1 Å². The van der Waals surface area contributed by atoms with Crippen LogP contribution in [0, 0.1) is 0 Å². The van der Waals surface area contributed by atoms with E-state index in [0.717, 1.165) is 61.4 Å². The average Bonchev–Trinajstić information content (AvgIpc) is 2.96. The highest BCUT2D eigenvalue weighted by molar-refractivity contribution is 5.85. The van der Waals surface area contributed by atoms with E-state index in [1.807, 2.05) is 7.05 Å². The van der Waals surface area contributed by atoms with Crippen molar-refractivity contribution in [2.24, 2.45) is 0 Å². The van der Waals surface area contributed by atoms with Gasteiger partial charge in [-0.2, -0.15) is 18.2 Å². The summed E-state index contributed by atoms with van der Waals surface area (Å²) in [6.45, 7) is 4.48. The first kappa shape index (κ1) is 27.5. The lowest BCUT2D eigenvalue weighted by atomic mass is 9.90. The number of amides is 1. The number of aromatic nitrogens is 5. The third kappa shape index (κ3) is 5.91. The summed E-state index contributed by atoms with van der Waals surface area (Å²) in [5, 5.41) is 3.26. The monoisotopic (exact) mass is 558 g/mol. The van der Waals surface area contributed by atoms with Crippen LogP contribution in [0.1, 0.15) is 43.3 Å². The molecule has 2 aliphatic rings. The van der Waals surface area contributed by atoms with E-state index in [0.29, 0.717) is 38.1 Å². The molecule has 1 amide bonds. The lowest BCUT2D eigenvalue weighted by molar-refractivity contribution is -0.145. The molecular formula is C26H29F3N8O3. The number of carbonyl (C=O) groups excluding carboxylic acids is 1. The van der Waals surface area contributed by atoms with Crippen molar-refractivity contribution < 1.29 is 27.4 Å². The van der Waals surface area contributed by atoms with E-state index in [4.69, 9.17) is 19.4 Å². The largest absolute Gasteiger partial charge is 0.451 e. The topological polar surface area (TPSA) is 118 Å². The predicted molar refractivity (Wildman–Crippen MR) is 139 cm³/mol. The number of hydrogen-bond acceptors (Lipinski definition) is 10. The molecule has 0 aliphatic carbocycles. The van der Waals surface area contributed by atoms with Crippen LogP contribution in [0.3, 0.4) is 0 Å². The van der Waals surface area contributed by atoms with Gasteiger partial charge in [-0.1, -0.05) is 6.07 Å². The molecule has 0 bridgehead atoms. The first-order valence-corrected chi connectivity index (χ1v) is 12.9. The van der Waals surface area contributed by atoms with Gasteiger partial charge in [0, 0.05) is 51.2 Å². The average molecular weight is 559 g/mol. The second-order valence-electron chi connectivity index (χ2n) is 9.94. The van der Waals surface area contributed by atoms with Crippen LogP contribution in [-0.2, 0) is 28.7 Å². The summed E-state index contributed by atoms with van der Waals surface area (Å²) in [5.41, 5.74) is 2.19. The van der Waals surface area contributed by atoms with Crippen molar-refractivity contribution in [3.05, 3.63) is 47.8 Å². The molecule has 0 radical (unpaired) electrons. The Kier molecular flexibility index (Phi) is 7.70. The minimum atomic E-state index is -4.62. The summed E-state index contributed by atoms with van der Waals surface area (Å²) >= 11 is 0. The van der Waals surface area contributed by atoms with Gasteiger partial charge in [0.25, 0.3) is 0 Å². The first-order valence-electron chi connectivity index (χ1n) is 12.9. The SMILES string of the molecule is CN(c1nc(NCc2ccc(Oc3cnc(C(F)(F)F)nc3)nc2)nc2c1N(C=O)CCC2)C1(C)CCOCC1. The summed E-state index contributed by atoms with van der Waals surface area (Å²) in [7, 11) is 2.00. The predicted octanol–water partition coefficient (Wildman–Crippen LogP) is 4.00. The van der Waals surface area contributed by atoms with Gasteiger partial charge in [-0.3, -0.25) is 4.79 Å². The Morgan fingerprint density at radius 1 is 1.15 bits per heavy atom. The van der Waals surface area contributed by atoms with Crippen LogP contribution < -0.4 is 19.9 Å². The zero-order valence-electron chi connectivity index (χ0n) is 22.1. The number of halogens is 3. The van der Waals surface area contributed by atoms with Gasteiger partial charge in [0.2, 0.25) is 24.1 Å². The van der Waals surface area contributed by atoms with Crippen molar-refractivity contribution in [2.45, 2.75) is 50.9 Å². The molecule has 5 rings (SSSR count). The van der Waals surface area contributed by atoms with Crippen LogP contribution in [0.4, 0.5) is 30.6 Å². The van der Waals surface area contributed by atoms with E-state index in [9.17, 15) is 18.0 Å². The number of anilines is 3. The molecule has 3 aromatic rings. The molecule has 0 aromatic carbocycles. The number of aryl methyl sites for hydroxylation is 1. The molecule has 0 atom stereocenters. The Bertz CT molecular complexity index is 1330. The van der Waals surface area contributed by atoms with Crippen LogP contribution in [0.5, 0.6) is 11.6 Å². The molecule has 1 fully saturated rings. The van der Waals surface area contributed by atoms with Crippen molar-refractivity contribution in [1.29, 1.82) is 0 Å². The summed E-state index contributed by atoms with van der Waals surface area (Å²) in [6, 6.07) is 3.36. The quantitative estimate of drug-likeness (QED) is 0.407. The highest BCUT2D eigenvalue weighted by Gasteiger charge is 2.36. The number of fused-ring (bicyclic) bond motifs is 1. The van der Waals surface area contributed by atoms with Gasteiger partial charge in [0.1, 0.15) is 5.69 Å². The highest BCUT2D eigenvalue weighted by Crippen LogP contribution is 2.39. The first-order chi connectivity index (χ1) is 19.2. The van der Waals surface area contributed by atoms with Crippen molar-refractivity contribution in [2.75, 3.05) is 41.9 Å². The number of pyridine rings is 1. The molecule has 14 heteroatoms. The zero-order valence-corrected chi connectivity index (χ0v) is 22.1. The van der Waals surface area contributed by atoms with Crippen LogP contribution in [0.2, 0.25) is 0 Å². The van der Waals surface area contributed by atoms with Crippen LogP contribution in [-0.4, -0.2) is 63.7 Å². The van der Waals surface area contributed by atoms with Crippen LogP contribution in [0.25, 0.3) is 0 Å². The molecule has 40 heavy (non-hydrogen) atoms. The van der Waals surface area contributed by atoms with E-state index >= 15 is 0 Å². The fourth-order valence-electron chi connectivity index (χ4n) is 4.70. The highest BCUT2D eigenvalue weighted by atomic mass is 19.4. The summed E-state index contributed by atoms with van der Waals surface area (Å²) < 4.78 is 49.0. The normalized spacial score (nSPS) is 16.7. The number of ether oxygens (including phenoxy) is 2. The smallest absolute Gasteiger partial charge is 0.436 e. The van der Waals surface area contributed by atoms with E-state index < -0.39 is 12.0 Å². The third-order valence-electron chi connectivity index (χ3n) is 7.21. The molecule has 1 saturated heterocycles. The third-order valence-corrected chi connectivity index (χ3v) is 7.21. The van der Waals surface area contributed by atoms with Crippen molar-refractivity contribution in [3.8, 4) is 11.6 Å². The molecule has 0 unspecified atom stereocenters. The van der Waals surface area contributed by atoms with Gasteiger partial charge in [-0.15, -0.1) is 0 Å². The minimum Gasteiger partial charge on any atom is -0.436 e. The summed E-state index contributed by atoms with van der Waals surface area (Å²) in [4.78, 5) is 36.0. The maximum Gasteiger partial charge on any atom is 0.451 e. The van der Waals surface area contributed by atoms with Crippen molar-refractivity contribution in [3.63, 3.8) is 0 Å². The number of carbonyl (C=O) groups is 1. The number of nitrogens with one attached hydrogen (secondary N) is 1. The van der Waals surface area contributed by atoms with Crippen LogP contribution >= 0.6 is 0 Å². The summed E-state index contributed by atoms with van der Waals surface area (Å²) in [5.74, 6) is 0.108. The number of nitrogens with zero attached hydrogens (tertiary/aromatic N) is 7. The Morgan fingerprint density at radius 3 is 2.55 bits per heavy atom. The maximum absolute atomic E-state index is 12.7. The van der Waals surface area contributed by atoms with Gasteiger partial charge in [0.05, 0.1) is 18.1 Å². The Morgan fingerprint density at radius 2 is 1.90 bits per heavy atom. The maximum atomic E-state index is 12.7. The fraction of sp³-hybridized carbons (Fsp3) is 0.462. The lowest BCUT2D eigenvalue weighted by Gasteiger charge is -2.44. The zero-order chi connectivity index (χ0) is 28.3. The molecule has 3 aromatic heterocycles. The Balaban J connectivity index is 1.31. The lowest BCUT2D eigenvalue weighted by Crippen LogP contribution is -2.49. The van der Waals surface area contributed by atoms with Crippen molar-refractivity contribution in [1.82, 2.24) is 24.9 Å². The Hall–Kier alpha value is -4.07. The second kappa shape index (κ2) is 11.2. The molecule has 1 N–H and O–H groups in total. The minimum absolute atomic E-state index is 0.0353. The molecule has 11 nitrogen and oxygen atoms in total. The molecule has 0 saturated carbocycles. The van der Waals surface area contributed by atoms with Gasteiger partial charge < -0.3 is 24.6 Å². The van der Waals surface area contributed by atoms with Crippen molar-refractivity contribution >= 4 is 23.9 Å². The fourth-order valence-corrected chi connectivity index (χ4v) is 4.70. The number of hydrogen-bond donors (Lipinski definition) is 1. The van der Waals surface area contributed by atoms with Gasteiger partial charge in [-0.05, 0) is 38.2 Å². The number of rotatable bonds is 8. The number of alkyl halides is 3. The molecule has 0 spiro atoms. The molecule has 5 heterocycles. The molecule has 212 valence electrons. The molecular weight excluding hydrogens is 529 g/mol. The molecule has 2 aliphatic heterocycles. The van der Waals surface area contributed by atoms with Gasteiger partial charge >= 0.3 is 6.18 Å².